The Morgan fingerprint density at radius 3 is 2.50 bits per heavy atom. The molecular formula is C26H34. The maximum absolute atomic E-state index is 2.51. The average Bonchev–Trinajstić information content (AvgIpc) is 2.92. The highest BCUT2D eigenvalue weighted by atomic mass is 14.5. The van der Waals surface area contributed by atoms with Gasteiger partial charge in [-0.2, -0.15) is 0 Å². The van der Waals surface area contributed by atoms with Gasteiger partial charge in [-0.3, -0.25) is 0 Å². The number of unbranched alkanes of at least 4 members (excludes halogenated alkanes) is 5. The fraction of sp³-hybridized carbons (Fsp3) is 0.538. The van der Waals surface area contributed by atoms with Crippen LogP contribution in [0.15, 0.2) is 30.3 Å². The highest BCUT2D eigenvalue weighted by Gasteiger charge is 2.45. The fourth-order valence-corrected chi connectivity index (χ4v) is 5.69. The van der Waals surface area contributed by atoms with E-state index in [4.69, 9.17) is 0 Å². The van der Waals surface area contributed by atoms with Crippen molar-refractivity contribution in [2.45, 2.75) is 90.4 Å². The van der Waals surface area contributed by atoms with Gasteiger partial charge in [0, 0.05) is 5.41 Å². The van der Waals surface area contributed by atoms with Crippen LogP contribution in [0.3, 0.4) is 0 Å². The van der Waals surface area contributed by atoms with Gasteiger partial charge in [-0.25, -0.2) is 0 Å². The largest absolute Gasteiger partial charge is 0.0654 e. The number of rotatable bonds is 7. The summed E-state index contributed by atoms with van der Waals surface area (Å²) in [5.74, 6) is 0. The van der Waals surface area contributed by atoms with Crippen molar-refractivity contribution in [3.05, 3.63) is 58.1 Å². The van der Waals surface area contributed by atoms with Gasteiger partial charge in [0.1, 0.15) is 0 Å². The van der Waals surface area contributed by atoms with Crippen molar-refractivity contribution in [2.75, 3.05) is 0 Å². The number of hydrogen-bond donors (Lipinski definition) is 0. The Bertz CT molecular complexity index is 798. The summed E-state index contributed by atoms with van der Waals surface area (Å²) in [7, 11) is 0. The van der Waals surface area contributed by atoms with Crippen LogP contribution in [0.4, 0.5) is 0 Å². The van der Waals surface area contributed by atoms with Crippen LogP contribution in [0.1, 0.15) is 92.5 Å². The van der Waals surface area contributed by atoms with E-state index in [0.717, 1.165) is 0 Å². The predicted molar refractivity (Wildman–Crippen MR) is 113 cm³/mol. The molecule has 0 aromatic heterocycles. The van der Waals surface area contributed by atoms with Crippen molar-refractivity contribution in [3.63, 3.8) is 0 Å². The van der Waals surface area contributed by atoms with Crippen LogP contribution in [-0.2, 0) is 11.8 Å². The number of hydrogen-bond acceptors (Lipinski definition) is 0. The Labute approximate surface area is 160 Å². The molecule has 2 aromatic rings. The van der Waals surface area contributed by atoms with Crippen LogP contribution >= 0.6 is 0 Å². The molecule has 0 aliphatic heterocycles. The Morgan fingerprint density at radius 2 is 1.65 bits per heavy atom. The van der Waals surface area contributed by atoms with Gasteiger partial charge in [0.2, 0.25) is 0 Å². The van der Waals surface area contributed by atoms with Crippen LogP contribution in [-0.4, -0.2) is 0 Å². The minimum absolute atomic E-state index is 0.307. The molecule has 0 nitrogen and oxygen atoms in total. The van der Waals surface area contributed by atoms with E-state index in [-0.39, 0.29) is 0 Å². The molecule has 2 aromatic carbocycles. The van der Waals surface area contributed by atoms with E-state index in [0.29, 0.717) is 5.41 Å². The molecule has 138 valence electrons. The summed E-state index contributed by atoms with van der Waals surface area (Å²) < 4.78 is 0. The third-order valence-corrected chi connectivity index (χ3v) is 6.99. The van der Waals surface area contributed by atoms with Gasteiger partial charge in [0.05, 0.1) is 0 Å². The molecular weight excluding hydrogens is 312 g/mol. The highest BCUT2D eigenvalue weighted by molar-refractivity contribution is 5.83. The summed E-state index contributed by atoms with van der Waals surface area (Å²) in [6, 6.07) is 12.0. The van der Waals surface area contributed by atoms with Crippen molar-refractivity contribution in [3.8, 4) is 11.1 Å². The van der Waals surface area contributed by atoms with E-state index in [1.807, 2.05) is 0 Å². The third-order valence-electron chi connectivity index (χ3n) is 6.99. The molecule has 0 N–H and O–H groups in total. The van der Waals surface area contributed by atoms with E-state index in [1.54, 1.807) is 22.3 Å². The molecule has 0 bridgehead atoms. The molecule has 26 heavy (non-hydrogen) atoms. The van der Waals surface area contributed by atoms with Gasteiger partial charge >= 0.3 is 0 Å². The maximum atomic E-state index is 2.51. The number of benzene rings is 2. The molecule has 0 heteroatoms. The van der Waals surface area contributed by atoms with Crippen molar-refractivity contribution >= 4 is 0 Å². The zero-order valence-electron chi connectivity index (χ0n) is 17.0. The van der Waals surface area contributed by atoms with E-state index in [1.165, 1.54) is 80.9 Å². The predicted octanol–water partition coefficient (Wildman–Crippen LogP) is 7.66. The van der Waals surface area contributed by atoms with E-state index in [9.17, 15) is 0 Å². The van der Waals surface area contributed by atoms with Gasteiger partial charge in [-0.15, -0.1) is 0 Å². The van der Waals surface area contributed by atoms with Gasteiger partial charge < -0.3 is 0 Å². The van der Waals surface area contributed by atoms with Crippen LogP contribution in [0.2, 0.25) is 0 Å². The summed E-state index contributed by atoms with van der Waals surface area (Å²) in [6.07, 6.45) is 13.7. The topological polar surface area (TPSA) is 0 Å². The second kappa shape index (κ2) is 7.22. The standard InChI is InChI=1S/C26H34/c1-4-5-6-7-8-9-16-26-17-10-11-21-20(3)13-15-23(25(21)26)22-14-12-19(2)18-24(22)26/h12-15,18H,4-11,16-17H2,1-3H3. The lowest BCUT2D eigenvalue weighted by atomic mass is 9.65. The Kier molecular flexibility index (Phi) is 4.95. The summed E-state index contributed by atoms with van der Waals surface area (Å²) in [5, 5.41) is 0. The van der Waals surface area contributed by atoms with E-state index in [2.05, 4.69) is 51.1 Å². The quantitative estimate of drug-likeness (QED) is 0.451. The summed E-state index contributed by atoms with van der Waals surface area (Å²) in [6.45, 7) is 6.89. The molecule has 1 atom stereocenters. The first kappa shape index (κ1) is 17.8. The molecule has 0 heterocycles. The lowest BCUT2D eigenvalue weighted by Gasteiger charge is -2.38. The lowest BCUT2D eigenvalue weighted by Crippen LogP contribution is -2.30. The first-order valence-electron chi connectivity index (χ1n) is 10.9. The molecule has 0 saturated carbocycles. The average molecular weight is 347 g/mol. The number of aryl methyl sites for hydroxylation is 2. The van der Waals surface area contributed by atoms with Crippen LogP contribution in [0.25, 0.3) is 11.1 Å². The molecule has 1 unspecified atom stereocenters. The monoisotopic (exact) mass is 346 g/mol. The Morgan fingerprint density at radius 1 is 0.885 bits per heavy atom. The molecule has 0 radical (unpaired) electrons. The summed E-state index contributed by atoms with van der Waals surface area (Å²) in [4.78, 5) is 0. The van der Waals surface area contributed by atoms with Crippen molar-refractivity contribution < 1.29 is 0 Å². The molecule has 4 rings (SSSR count). The minimum Gasteiger partial charge on any atom is -0.0654 e. The zero-order chi connectivity index (χ0) is 18.1. The molecule has 2 aliphatic carbocycles. The van der Waals surface area contributed by atoms with Crippen LogP contribution < -0.4 is 0 Å². The van der Waals surface area contributed by atoms with E-state index >= 15 is 0 Å². The molecule has 0 spiro atoms. The lowest BCUT2D eigenvalue weighted by molar-refractivity contribution is 0.387. The van der Waals surface area contributed by atoms with Gasteiger partial charge in [0.25, 0.3) is 0 Å². The minimum atomic E-state index is 0.307. The number of fused-ring (bicyclic) bond motifs is 3. The maximum Gasteiger partial charge on any atom is 0.0218 e. The molecule has 0 amide bonds. The van der Waals surface area contributed by atoms with Crippen LogP contribution in [0, 0.1) is 13.8 Å². The molecule has 2 aliphatic rings. The first-order valence-corrected chi connectivity index (χ1v) is 10.9. The van der Waals surface area contributed by atoms with Gasteiger partial charge in [0.15, 0.2) is 0 Å². The molecule has 0 saturated heterocycles. The second-order valence-electron chi connectivity index (χ2n) is 8.79. The van der Waals surface area contributed by atoms with Gasteiger partial charge in [-0.1, -0.05) is 81.3 Å². The second-order valence-corrected chi connectivity index (χ2v) is 8.79. The summed E-state index contributed by atoms with van der Waals surface area (Å²) >= 11 is 0. The van der Waals surface area contributed by atoms with E-state index < -0.39 is 0 Å². The zero-order valence-corrected chi connectivity index (χ0v) is 17.0. The fourth-order valence-electron chi connectivity index (χ4n) is 5.69. The normalized spacial score (nSPS) is 20.1. The highest BCUT2D eigenvalue weighted by Crippen LogP contribution is 2.57. The van der Waals surface area contributed by atoms with Crippen molar-refractivity contribution in [1.82, 2.24) is 0 Å². The third kappa shape index (κ3) is 2.82. The first-order chi connectivity index (χ1) is 12.7. The smallest absolute Gasteiger partial charge is 0.0218 e. The Hall–Kier alpha value is -1.56. The summed E-state index contributed by atoms with van der Waals surface area (Å²) in [5.41, 5.74) is 11.4. The van der Waals surface area contributed by atoms with Crippen LogP contribution in [0.5, 0.6) is 0 Å². The Balaban J connectivity index is 1.71. The van der Waals surface area contributed by atoms with Crippen molar-refractivity contribution in [2.24, 2.45) is 0 Å². The van der Waals surface area contributed by atoms with Crippen molar-refractivity contribution in [1.29, 1.82) is 0 Å². The van der Waals surface area contributed by atoms with Gasteiger partial charge in [-0.05, 0) is 72.9 Å². The SMILES string of the molecule is CCCCCCCCC12CCCc3c(C)ccc(c31)-c1ccc(C)cc12. The molecule has 0 fully saturated rings.